The number of aryl methyl sites for hydroxylation is 1. The van der Waals surface area contributed by atoms with Gasteiger partial charge < -0.3 is 10.4 Å². The third-order valence-electron chi connectivity index (χ3n) is 5.47. The Kier molecular flexibility index (Phi) is 5.64. The molecule has 3 rings (SSSR count). The minimum Gasteiger partial charge on any atom is -0.388 e. The van der Waals surface area contributed by atoms with Gasteiger partial charge in [-0.25, -0.2) is 9.48 Å². The summed E-state index contributed by atoms with van der Waals surface area (Å²) in [5, 5.41) is 17.1. The van der Waals surface area contributed by atoms with Gasteiger partial charge in [-0.3, -0.25) is 9.36 Å². The largest absolute Gasteiger partial charge is 0.391 e. The maximum atomic E-state index is 12.9. The molecule has 1 aliphatic carbocycles. The molecule has 2 aliphatic rings. The first kappa shape index (κ1) is 19.9. The van der Waals surface area contributed by atoms with E-state index in [9.17, 15) is 27.9 Å². The van der Waals surface area contributed by atoms with Gasteiger partial charge in [0.1, 0.15) is 12.4 Å². The van der Waals surface area contributed by atoms with Gasteiger partial charge in [-0.05, 0) is 38.5 Å². The Balaban J connectivity index is 1.58. The molecular weight excluding hydrogens is 365 g/mol. The highest BCUT2D eigenvalue weighted by atomic mass is 19.4. The topological polar surface area (TPSA) is 89.2 Å². The predicted octanol–water partition coefficient (Wildman–Crippen LogP) is 1.37. The van der Waals surface area contributed by atoms with Crippen molar-refractivity contribution in [3.63, 3.8) is 0 Å². The molecule has 0 saturated heterocycles. The van der Waals surface area contributed by atoms with E-state index < -0.39 is 30.0 Å². The summed E-state index contributed by atoms with van der Waals surface area (Å²) in [6.07, 6.45) is -0.773. The monoisotopic (exact) mass is 390 g/mol. The first-order chi connectivity index (χ1) is 12.7. The molecule has 2 N–H and O–H groups in total. The lowest BCUT2D eigenvalue weighted by Gasteiger charge is -2.37. The predicted molar refractivity (Wildman–Crippen MR) is 90.0 cm³/mol. The number of alkyl halides is 3. The maximum Gasteiger partial charge on any atom is 0.391 e. The van der Waals surface area contributed by atoms with Crippen LogP contribution in [-0.2, 0) is 24.3 Å². The van der Waals surface area contributed by atoms with E-state index in [1.165, 1.54) is 0 Å². The van der Waals surface area contributed by atoms with Crippen LogP contribution in [0.1, 0.15) is 50.8 Å². The van der Waals surface area contributed by atoms with Crippen molar-refractivity contribution in [2.24, 2.45) is 5.92 Å². The van der Waals surface area contributed by atoms with Gasteiger partial charge in [-0.2, -0.15) is 18.3 Å². The molecule has 0 unspecified atom stereocenters. The van der Waals surface area contributed by atoms with Crippen molar-refractivity contribution in [2.45, 2.75) is 76.2 Å². The molecule has 1 fully saturated rings. The van der Waals surface area contributed by atoms with Crippen molar-refractivity contribution >= 4 is 5.91 Å². The van der Waals surface area contributed by atoms with E-state index in [4.69, 9.17) is 0 Å². The number of aliphatic hydroxyl groups is 1. The normalized spacial score (nSPS) is 26.3. The van der Waals surface area contributed by atoms with E-state index in [-0.39, 0.29) is 38.0 Å². The van der Waals surface area contributed by atoms with Crippen molar-refractivity contribution in [1.29, 1.82) is 0 Å². The average Bonchev–Trinajstić information content (AvgIpc) is 2.76. The zero-order chi connectivity index (χ0) is 19.7. The summed E-state index contributed by atoms with van der Waals surface area (Å²) in [5.41, 5.74) is -1.93. The molecule has 0 spiro atoms. The van der Waals surface area contributed by atoms with Crippen molar-refractivity contribution < 1.29 is 23.1 Å². The van der Waals surface area contributed by atoms with Gasteiger partial charge in [0.25, 0.3) is 0 Å². The van der Waals surface area contributed by atoms with Gasteiger partial charge >= 0.3 is 11.9 Å². The van der Waals surface area contributed by atoms with Crippen molar-refractivity contribution in [3.05, 3.63) is 16.3 Å². The van der Waals surface area contributed by atoms with Crippen molar-refractivity contribution in [2.75, 3.05) is 6.54 Å². The number of carbonyl (C=O) groups is 1. The number of hydrogen-bond acceptors (Lipinski definition) is 4. The summed E-state index contributed by atoms with van der Waals surface area (Å²) in [6, 6.07) is 0. The maximum absolute atomic E-state index is 12.9. The summed E-state index contributed by atoms with van der Waals surface area (Å²) in [6.45, 7) is 0.00666. The van der Waals surface area contributed by atoms with Crippen LogP contribution in [0, 0.1) is 5.92 Å². The molecule has 2 atom stereocenters. The molecular formula is C17H25F3N4O3. The Hall–Kier alpha value is -1.84. The second-order valence-electron chi connectivity index (χ2n) is 7.65. The molecule has 0 radical (unpaired) electrons. The highest BCUT2D eigenvalue weighted by Crippen LogP contribution is 2.41. The average molecular weight is 390 g/mol. The minimum atomic E-state index is -4.35. The van der Waals surface area contributed by atoms with Crippen molar-refractivity contribution in [1.82, 2.24) is 19.7 Å². The fourth-order valence-electron chi connectivity index (χ4n) is 3.96. The lowest BCUT2D eigenvalue weighted by Crippen LogP contribution is -2.49. The van der Waals surface area contributed by atoms with Crippen LogP contribution in [0.15, 0.2) is 4.79 Å². The molecule has 2 heterocycles. The van der Waals surface area contributed by atoms with Crippen LogP contribution in [0.5, 0.6) is 0 Å². The van der Waals surface area contributed by atoms with Gasteiger partial charge in [-0.15, -0.1) is 0 Å². The van der Waals surface area contributed by atoms with Crippen LogP contribution in [0.3, 0.4) is 0 Å². The van der Waals surface area contributed by atoms with E-state index in [1.807, 2.05) is 0 Å². The van der Waals surface area contributed by atoms with Crippen LogP contribution in [0.4, 0.5) is 13.2 Å². The molecule has 0 bridgehead atoms. The SMILES string of the molecule is O=C(Cn1nc2n(c1=O)CCCCC2)NC[C@]1(O)CCC[C@H](C(F)(F)F)C1. The van der Waals surface area contributed by atoms with Crippen LogP contribution >= 0.6 is 0 Å². The highest BCUT2D eigenvalue weighted by molar-refractivity contribution is 5.75. The summed E-state index contributed by atoms with van der Waals surface area (Å²) in [5.74, 6) is -1.45. The van der Waals surface area contributed by atoms with E-state index in [1.54, 1.807) is 4.57 Å². The second kappa shape index (κ2) is 7.65. The first-order valence-electron chi connectivity index (χ1n) is 9.40. The molecule has 1 aromatic rings. The van der Waals surface area contributed by atoms with Gasteiger partial charge in [0.2, 0.25) is 5.91 Å². The zero-order valence-corrected chi connectivity index (χ0v) is 15.1. The summed E-state index contributed by atoms with van der Waals surface area (Å²) in [4.78, 5) is 24.5. The Labute approximate surface area is 154 Å². The molecule has 1 aliphatic heterocycles. The summed E-state index contributed by atoms with van der Waals surface area (Å²) in [7, 11) is 0. The number of carbonyl (C=O) groups excluding carboxylic acids is 1. The van der Waals surface area contributed by atoms with Gasteiger partial charge in [0, 0.05) is 19.5 Å². The standard InChI is InChI=1S/C17H25F3N4O3/c18-17(19,20)12-5-4-7-16(27,9-12)11-21-14(25)10-24-15(26)23-8-3-1-2-6-13(23)22-24/h12,27H,1-11H2,(H,21,25)/t12-,16-/m0/s1. The fraction of sp³-hybridized carbons (Fsp3) is 0.824. The third-order valence-corrected chi connectivity index (χ3v) is 5.47. The van der Waals surface area contributed by atoms with Crippen molar-refractivity contribution in [3.8, 4) is 0 Å². The van der Waals surface area contributed by atoms with Gasteiger partial charge in [0.05, 0.1) is 11.5 Å². The molecule has 7 nitrogen and oxygen atoms in total. The smallest absolute Gasteiger partial charge is 0.388 e. The first-order valence-corrected chi connectivity index (χ1v) is 9.40. The quantitative estimate of drug-likeness (QED) is 0.813. The van der Waals surface area contributed by atoms with Gasteiger partial charge in [0.15, 0.2) is 0 Å². The van der Waals surface area contributed by atoms with E-state index in [2.05, 4.69) is 10.4 Å². The van der Waals surface area contributed by atoms with Crippen LogP contribution in [0.25, 0.3) is 0 Å². The second-order valence-corrected chi connectivity index (χ2v) is 7.65. The molecule has 1 aromatic heterocycles. The number of halogens is 3. The Morgan fingerprint density at radius 2 is 2.07 bits per heavy atom. The van der Waals surface area contributed by atoms with Gasteiger partial charge in [-0.1, -0.05) is 6.42 Å². The molecule has 1 amide bonds. The number of amides is 1. The van der Waals surface area contributed by atoms with E-state index in [0.717, 1.165) is 23.9 Å². The molecule has 0 aromatic carbocycles. The highest BCUT2D eigenvalue weighted by Gasteiger charge is 2.47. The minimum absolute atomic E-state index is 0.00460. The van der Waals surface area contributed by atoms with Crippen LogP contribution < -0.4 is 11.0 Å². The molecule has 10 heteroatoms. The van der Waals surface area contributed by atoms with Crippen LogP contribution in [-0.4, -0.2) is 43.7 Å². The molecule has 152 valence electrons. The number of nitrogens with one attached hydrogen (secondary N) is 1. The van der Waals surface area contributed by atoms with Crippen LogP contribution in [0.2, 0.25) is 0 Å². The molecule has 27 heavy (non-hydrogen) atoms. The third kappa shape index (κ3) is 4.72. The number of fused-ring (bicyclic) bond motifs is 1. The molecule has 1 saturated carbocycles. The van der Waals surface area contributed by atoms with E-state index in [0.29, 0.717) is 18.8 Å². The summed E-state index contributed by atoms with van der Waals surface area (Å²) < 4.78 is 41.4. The fourth-order valence-corrected chi connectivity index (χ4v) is 3.96. The lowest BCUT2D eigenvalue weighted by molar-refractivity contribution is -0.199. The number of nitrogens with zero attached hydrogens (tertiary/aromatic N) is 3. The number of rotatable bonds is 4. The number of aromatic nitrogens is 3. The Bertz CT molecular complexity index is 743. The zero-order valence-electron chi connectivity index (χ0n) is 15.1. The summed E-state index contributed by atoms with van der Waals surface area (Å²) >= 11 is 0. The Morgan fingerprint density at radius 1 is 1.30 bits per heavy atom. The van der Waals surface area contributed by atoms with E-state index >= 15 is 0 Å². The lowest BCUT2D eigenvalue weighted by atomic mass is 9.77. The number of hydrogen-bond donors (Lipinski definition) is 2. The Morgan fingerprint density at radius 3 is 2.81 bits per heavy atom.